The Morgan fingerprint density at radius 1 is 1.06 bits per heavy atom. The molecule has 0 aromatic carbocycles. The molecule has 0 bridgehead atoms. The van der Waals surface area contributed by atoms with Gasteiger partial charge < -0.3 is 0 Å². The summed E-state index contributed by atoms with van der Waals surface area (Å²) >= 11 is 0. The first kappa shape index (κ1) is 15.8. The summed E-state index contributed by atoms with van der Waals surface area (Å²) in [5, 5.41) is 0. The lowest BCUT2D eigenvalue weighted by Crippen LogP contribution is -2.48. The Hall–Kier alpha value is -0.260. The molecule has 1 fully saturated rings. The van der Waals surface area contributed by atoms with E-state index in [1.807, 2.05) is 0 Å². The van der Waals surface area contributed by atoms with Gasteiger partial charge in [-0.1, -0.05) is 66.5 Å². The van der Waals surface area contributed by atoms with Crippen molar-refractivity contribution in [3.8, 4) is 0 Å². The molecular weight excluding hydrogens is 216 g/mol. The van der Waals surface area contributed by atoms with Crippen LogP contribution in [0.2, 0.25) is 0 Å². The minimum atomic E-state index is 0.585. The highest BCUT2D eigenvalue weighted by molar-refractivity contribution is 5.05. The smallest absolute Gasteiger partial charge is 0.0281 e. The van der Waals surface area contributed by atoms with E-state index in [1.54, 1.807) is 0 Å². The predicted molar refractivity (Wildman–Crippen MR) is 82.7 cm³/mol. The molecule has 1 rings (SSSR count). The zero-order chi connectivity index (χ0) is 13.8. The zero-order valence-corrected chi connectivity index (χ0v) is 13.6. The fraction of sp³-hybridized carbons (Fsp3) is 0.889. The summed E-state index contributed by atoms with van der Waals surface area (Å²) < 4.78 is 0. The summed E-state index contributed by atoms with van der Waals surface area (Å²) in [6, 6.07) is 0. The van der Waals surface area contributed by atoms with Gasteiger partial charge in [-0.15, -0.1) is 0 Å². The molecule has 0 aromatic rings. The van der Waals surface area contributed by atoms with Gasteiger partial charge in [-0.25, -0.2) is 0 Å². The van der Waals surface area contributed by atoms with Crippen LogP contribution in [0.3, 0.4) is 0 Å². The van der Waals surface area contributed by atoms with Crippen molar-refractivity contribution in [2.24, 2.45) is 22.7 Å². The topological polar surface area (TPSA) is 0 Å². The summed E-state index contributed by atoms with van der Waals surface area (Å²) in [5.74, 6) is 1.74. The van der Waals surface area contributed by atoms with Gasteiger partial charge in [-0.05, 0) is 48.3 Å². The molecule has 0 amide bonds. The summed E-state index contributed by atoms with van der Waals surface area (Å²) in [7, 11) is 0. The van der Waals surface area contributed by atoms with Crippen molar-refractivity contribution in [1.82, 2.24) is 0 Å². The minimum absolute atomic E-state index is 0.585. The summed E-state index contributed by atoms with van der Waals surface area (Å²) in [4.78, 5) is 0. The molecule has 1 saturated carbocycles. The molecule has 0 spiro atoms. The van der Waals surface area contributed by atoms with Crippen LogP contribution in [0.25, 0.3) is 0 Å². The molecule has 1 atom stereocenters. The molecule has 1 aliphatic carbocycles. The number of hydrogen-bond acceptors (Lipinski definition) is 0. The van der Waals surface area contributed by atoms with Crippen LogP contribution in [-0.2, 0) is 0 Å². The van der Waals surface area contributed by atoms with Gasteiger partial charge in [-0.2, -0.15) is 0 Å². The third-order valence-corrected chi connectivity index (χ3v) is 5.03. The average molecular weight is 250 g/mol. The Kier molecular flexibility index (Phi) is 5.49. The Morgan fingerprint density at radius 3 is 2.11 bits per heavy atom. The van der Waals surface area contributed by atoms with E-state index in [-0.39, 0.29) is 0 Å². The van der Waals surface area contributed by atoms with Crippen molar-refractivity contribution in [2.45, 2.75) is 80.1 Å². The second-order valence-electron chi connectivity index (χ2n) is 7.54. The first-order chi connectivity index (χ1) is 8.37. The van der Waals surface area contributed by atoms with Gasteiger partial charge >= 0.3 is 0 Å². The Labute approximate surface area is 115 Å². The number of allylic oxidation sites excluding steroid dienone is 2. The lowest BCUT2D eigenvalue weighted by Gasteiger charge is -2.58. The van der Waals surface area contributed by atoms with Crippen LogP contribution in [0, 0.1) is 22.7 Å². The molecule has 0 saturated heterocycles. The highest BCUT2D eigenvalue weighted by Crippen LogP contribution is 2.61. The van der Waals surface area contributed by atoms with Gasteiger partial charge in [0.15, 0.2) is 0 Å². The molecule has 0 heterocycles. The first-order valence-electron chi connectivity index (χ1n) is 8.02. The van der Waals surface area contributed by atoms with E-state index in [9.17, 15) is 0 Å². The normalized spacial score (nSPS) is 33.9. The maximum atomic E-state index is 2.53. The van der Waals surface area contributed by atoms with Crippen LogP contribution < -0.4 is 0 Å². The highest BCUT2D eigenvalue weighted by atomic mass is 14.6. The number of unbranched alkanes of at least 4 members (excludes halogenated alkanes) is 1. The average Bonchev–Trinajstić information content (AvgIpc) is 2.22. The van der Waals surface area contributed by atoms with Crippen LogP contribution in [0.15, 0.2) is 12.2 Å². The molecule has 0 N–H and O–H groups in total. The summed E-state index contributed by atoms with van der Waals surface area (Å²) in [5.41, 5.74) is 1.19. The van der Waals surface area contributed by atoms with E-state index >= 15 is 0 Å². The highest BCUT2D eigenvalue weighted by Gasteiger charge is 2.51. The first-order valence-corrected chi connectivity index (χ1v) is 8.02. The van der Waals surface area contributed by atoms with Crippen LogP contribution in [0.1, 0.15) is 80.1 Å². The third kappa shape index (κ3) is 3.62. The molecule has 1 aliphatic rings. The molecular formula is C18H34. The van der Waals surface area contributed by atoms with Crippen molar-refractivity contribution < 1.29 is 0 Å². The number of rotatable bonds is 7. The van der Waals surface area contributed by atoms with E-state index in [0.29, 0.717) is 10.8 Å². The van der Waals surface area contributed by atoms with Gasteiger partial charge in [0, 0.05) is 0 Å². The summed E-state index contributed by atoms with van der Waals surface area (Å²) in [6.45, 7) is 14.4. The lowest BCUT2D eigenvalue weighted by atomic mass is 9.47. The molecule has 1 unspecified atom stereocenters. The van der Waals surface area contributed by atoms with E-state index in [2.05, 4.69) is 53.7 Å². The van der Waals surface area contributed by atoms with Crippen molar-refractivity contribution in [3.05, 3.63) is 12.2 Å². The van der Waals surface area contributed by atoms with E-state index in [0.717, 1.165) is 11.8 Å². The van der Waals surface area contributed by atoms with Gasteiger partial charge in [-0.3, -0.25) is 0 Å². The Morgan fingerprint density at radius 2 is 1.67 bits per heavy atom. The predicted octanol–water partition coefficient (Wildman–Crippen LogP) is 6.22. The van der Waals surface area contributed by atoms with E-state index in [4.69, 9.17) is 0 Å². The molecule has 0 nitrogen and oxygen atoms in total. The second-order valence-corrected chi connectivity index (χ2v) is 7.54. The van der Waals surface area contributed by atoms with Gasteiger partial charge in [0.05, 0.1) is 0 Å². The third-order valence-electron chi connectivity index (χ3n) is 5.03. The fourth-order valence-corrected chi connectivity index (χ4v) is 4.73. The maximum Gasteiger partial charge on any atom is -0.0281 e. The minimum Gasteiger partial charge on any atom is -0.0885 e. The molecule has 18 heavy (non-hydrogen) atoms. The lowest BCUT2D eigenvalue weighted by molar-refractivity contribution is -0.0726. The number of hydrogen-bond donors (Lipinski definition) is 0. The standard InChI is InChI=1S/C18H34/c1-7-9-10-11-12-17(5)13-18(6,14-17)16(8-2)15(3)4/h10-11,15-16H,7-9,12-14H2,1-6H3. The van der Waals surface area contributed by atoms with Crippen LogP contribution in [0.4, 0.5) is 0 Å². The SMILES string of the molecule is CCCC=CCC1(C)CC(C)(C(CC)C(C)C)C1. The van der Waals surface area contributed by atoms with Crippen LogP contribution in [0.5, 0.6) is 0 Å². The monoisotopic (exact) mass is 250 g/mol. The van der Waals surface area contributed by atoms with Crippen molar-refractivity contribution in [2.75, 3.05) is 0 Å². The van der Waals surface area contributed by atoms with Crippen LogP contribution in [-0.4, -0.2) is 0 Å². The summed E-state index contributed by atoms with van der Waals surface area (Å²) in [6.07, 6.45) is 12.8. The van der Waals surface area contributed by atoms with Crippen molar-refractivity contribution in [3.63, 3.8) is 0 Å². The molecule has 106 valence electrons. The molecule has 0 radical (unpaired) electrons. The second kappa shape index (κ2) is 6.26. The van der Waals surface area contributed by atoms with E-state index < -0.39 is 0 Å². The zero-order valence-electron chi connectivity index (χ0n) is 13.6. The van der Waals surface area contributed by atoms with E-state index in [1.165, 1.54) is 38.5 Å². The molecule has 0 aromatic heterocycles. The Bertz CT molecular complexity index is 266. The van der Waals surface area contributed by atoms with Crippen molar-refractivity contribution in [1.29, 1.82) is 0 Å². The fourth-order valence-electron chi connectivity index (χ4n) is 4.73. The van der Waals surface area contributed by atoms with Gasteiger partial charge in [0.25, 0.3) is 0 Å². The van der Waals surface area contributed by atoms with Crippen LogP contribution >= 0.6 is 0 Å². The quantitative estimate of drug-likeness (QED) is 0.470. The van der Waals surface area contributed by atoms with Gasteiger partial charge in [0.2, 0.25) is 0 Å². The van der Waals surface area contributed by atoms with Crippen molar-refractivity contribution >= 4 is 0 Å². The maximum absolute atomic E-state index is 2.53. The largest absolute Gasteiger partial charge is 0.0885 e. The Balaban J connectivity index is 2.49. The van der Waals surface area contributed by atoms with Gasteiger partial charge in [0.1, 0.15) is 0 Å². The molecule has 0 heteroatoms. The molecule has 0 aliphatic heterocycles.